The first kappa shape index (κ1) is 79.5. The van der Waals surface area contributed by atoms with E-state index >= 15 is 0 Å². The summed E-state index contributed by atoms with van der Waals surface area (Å²) in [5.74, 6) is -0.0510. The predicted molar refractivity (Wildman–Crippen MR) is 376 cm³/mol. The molecule has 0 saturated carbocycles. The molecule has 0 bridgehead atoms. The van der Waals surface area contributed by atoms with Crippen LogP contribution in [0.15, 0.2) is 170 Å². The van der Waals surface area contributed by atoms with Crippen LogP contribution in [-0.4, -0.2) is 159 Å². The van der Waals surface area contributed by atoms with Gasteiger partial charge in [-0.3, -0.25) is 49.5 Å². The number of hydrazone groups is 1. The van der Waals surface area contributed by atoms with Crippen LogP contribution in [0.5, 0.6) is 0 Å². The molecule has 536 valence electrons. The second-order valence-corrected chi connectivity index (χ2v) is 26.3. The number of amidine groups is 3. The van der Waals surface area contributed by atoms with Crippen molar-refractivity contribution in [1.29, 1.82) is 0 Å². The van der Waals surface area contributed by atoms with Crippen molar-refractivity contribution in [2.75, 3.05) is 58.9 Å². The first-order chi connectivity index (χ1) is 48.9. The molecule has 0 radical (unpaired) electrons. The number of piperidine rings is 1. The van der Waals surface area contributed by atoms with Gasteiger partial charge >= 0.3 is 24.5 Å². The Kier molecular flexibility index (Phi) is 30.2. The zero-order valence-corrected chi connectivity index (χ0v) is 59.5. The van der Waals surface area contributed by atoms with Crippen molar-refractivity contribution in [1.82, 2.24) is 50.6 Å². The summed E-state index contributed by atoms with van der Waals surface area (Å²) in [6, 6.07) is 29.4. The molecule has 12 rings (SSSR count). The normalized spacial score (nSPS) is 19.6. The van der Waals surface area contributed by atoms with E-state index in [-0.39, 0.29) is 59.2 Å². The summed E-state index contributed by atoms with van der Waals surface area (Å²) in [4.78, 5) is 107. The number of aromatic nitrogens is 3. The summed E-state index contributed by atoms with van der Waals surface area (Å²) < 4.78 is 46.6. The van der Waals surface area contributed by atoms with Gasteiger partial charge in [0.1, 0.15) is 52.2 Å². The van der Waals surface area contributed by atoms with Crippen LogP contribution in [0.25, 0.3) is 0 Å². The fourth-order valence-electron chi connectivity index (χ4n) is 11.9. The number of amides is 2. The molecule has 23 nitrogen and oxygen atoms in total. The minimum Gasteiger partial charge on any atom is -0.444 e. The molecular weight excluding hydrogens is 1380 g/mol. The van der Waals surface area contributed by atoms with Crippen molar-refractivity contribution in [2.24, 2.45) is 26.0 Å². The third-order valence-electron chi connectivity index (χ3n) is 17.0. The number of piperazine rings is 1. The van der Waals surface area contributed by atoms with Crippen LogP contribution in [-0.2, 0) is 38.3 Å². The SMILES string of the molecule is CC1=C(CN2CCN(C(=O)OC(C)(C)C)CC2)NC(c2ccccn2)=NC1c1ccc(F)cc1Cl.CC1C(=O)NC(c2ccccn2)=NC1c1cc(F)cc(Cl)c1.CC[C@H]1CCCN1N=C1CCN(CC2=C(C)C(c3ccc(F)cc3Cl)N=C(c3ccccn3)N2)CC1.O=C=O.O=C=O.O=C=O. The Morgan fingerprint density at radius 3 is 1.49 bits per heavy atom. The standard InChI is InChI=1S/C28H34ClFN6.C26H31ClFN5O2.C16H13ClFN3O.3CO2/c1-3-22-7-6-14-36(22)34-21-11-15-35(16-12-21)18-26-19(2)27(23-10-9-20(30)17-24(23)29)33-28(32-26)25-8-4-5-13-31-25;1-17-22(16-32-11-13-33(14-12-32)25(34)35-26(2,3)4)30-24(21-7-5-6-10-29-21)31-23(17)19-9-8-18(28)15-20(19)27;1-9-14(10-6-11(17)8-12(18)7-10)20-15(21-16(9)22)13-4-2-3-5-19-13;3*2-1-3/h4-5,8-10,13,17,22,27H,3,6-7,11-12,14-16,18H2,1-2H3,(H,32,33);5-10,15,23H,11-14,16H2,1-4H3,(H,30,31);2-9,14H,1H3,(H,20,21,22);;;/t22-,27?;;;;;/m0...../s1. The molecule has 102 heavy (non-hydrogen) atoms. The van der Waals surface area contributed by atoms with E-state index < -0.39 is 23.4 Å². The van der Waals surface area contributed by atoms with Crippen LogP contribution < -0.4 is 16.0 Å². The van der Waals surface area contributed by atoms with Gasteiger partial charge in [0.05, 0.1) is 12.0 Å². The Balaban J connectivity index is 0.000000207. The van der Waals surface area contributed by atoms with Crippen molar-refractivity contribution in [3.05, 3.63) is 217 Å². The summed E-state index contributed by atoms with van der Waals surface area (Å²) in [6.45, 7) is 20.8. The Morgan fingerprint density at radius 2 is 1.07 bits per heavy atom. The van der Waals surface area contributed by atoms with Gasteiger partial charge in [0.25, 0.3) is 0 Å². The first-order valence-electron chi connectivity index (χ1n) is 32.7. The van der Waals surface area contributed by atoms with Crippen LogP contribution in [0, 0.1) is 23.4 Å². The molecule has 5 atom stereocenters. The lowest BCUT2D eigenvalue weighted by atomic mass is 9.92. The lowest BCUT2D eigenvalue weighted by Crippen LogP contribution is -2.51. The van der Waals surface area contributed by atoms with E-state index in [1.807, 2.05) is 70.2 Å². The van der Waals surface area contributed by atoms with Gasteiger partial charge in [-0.25, -0.2) is 18.0 Å². The quantitative estimate of drug-likeness (QED) is 0.103. The number of pyridine rings is 3. The first-order valence-corrected chi connectivity index (χ1v) is 33.9. The fraction of sp³-hybridized carbons (Fsp3) is 0.370. The van der Waals surface area contributed by atoms with Crippen molar-refractivity contribution in [3.8, 4) is 0 Å². The van der Waals surface area contributed by atoms with E-state index in [9.17, 15) is 22.8 Å². The maximum atomic E-state index is 13.8. The van der Waals surface area contributed by atoms with Crippen LogP contribution in [0.1, 0.15) is 132 Å². The Hall–Kier alpha value is -9.87. The van der Waals surface area contributed by atoms with Crippen LogP contribution >= 0.6 is 34.8 Å². The van der Waals surface area contributed by atoms with E-state index in [0.29, 0.717) is 64.5 Å². The monoisotopic (exact) mass is 1460 g/mol. The molecule has 3 N–H and O–H groups in total. The summed E-state index contributed by atoms with van der Waals surface area (Å²) >= 11 is 18.8. The van der Waals surface area contributed by atoms with E-state index in [1.165, 1.54) is 61.4 Å². The van der Waals surface area contributed by atoms with E-state index in [1.54, 1.807) is 60.7 Å². The lowest BCUT2D eigenvalue weighted by Gasteiger charge is -2.37. The second-order valence-electron chi connectivity index (χ2n) is 25.0. The topological polar surface area (TPSA) is 283 Å². The number of nitrogens with zero attached hydrogens (tertiary/aromatic N) is 11. The highest BCUT2D eigenvalue weighted by atomic mass is 35.5. The largest absolute Gasteiger partial charge is 0.444 e. The molecule has 3 fully saturated rings. The van der Waals surface area contributed by atoms with Crippen LogP contribution in [0.2, 0.25) is 15.1 Å². The molecule has 0 spiro atoms. The molecule has 29 heteroatoms. The summed E-state index contributed by atoms with van der Waals surface area (Å²) in [5.41, 5.74) is 9.17. The van der Waals surface area contributed by atoms with E-state index in [2.05, 4.69) is 64.6 Å². The van der Waals surface area contributed by atoms with Gasteiger partial charge < -0.3 is 25.6 Å². The maximum absolute atomic E-state index is 13.8. The molecule has 3 aromatic heterocycles. The second kappa shape index (κ2) is 38.8. The average Bonchev–Trinajstić information content (AvgIpc) is 0.876. The third-order valence-corrected chi connectivity index (χ3v) is 17.9. The van der Waals surface area contributed by atoms with Crippen molar-refractivity contribution in [3.63, 3.8) is 0 Å². The Labute approximate surface area is 604 Å². The van der Waals surface area contributed by atoms with Crippen molar-refractivity contribution < 1.29 is 56.3 Å². The fourth-order valence-corrected chi connectivity index (χ4v) is 12.6. The molecule has 6 aliphatic heterocycles. The van der Waals surface area contributed by atoms with Gasteiger partial charge in [-0.2, -0.15) is 33.9 Å². The number of hydrogen-bond donors (Lipinski definition) is 3. The predicted octanol–water partition coefficient (Wildman–Crippen LogP) is 11.7. The minimum absolute atomic E-state index is 0.180. The number of ether oxygens (including phenoxy) is 1. The van der Waals surface area contributed by atoms with E-state index in [4.69, 9.17) is 83.4 Å². The molecule has 3 saturated heterocycles. The molecule has 9 heterocycles. The van der Waals surface area contributed by atoms with Gasteiger partial charge in [0, 0.05) is 129 Å². The number of rotatable bonds is 12. The number of carbonyl (C=O) groups is 2. The van der Waals surface area contributed by atoms with Crippen molar-refractivity contribution >= 4 is 88.5 Å². The molecule has 2 amide bonds. The summed E-state index contributed by atoms with van der Waals surface area (Å²) in [7, 11) is 0. The van der Waals surface area contributed by atoms with Gasteiger partial charge in [-0.05, 0) is 161 Å². The van der Waals surface area contributed by atoms with Crippen LogP contribution in [0.4, 0.5) is 18.0 Å². The van der Waals surface area contributed by atoms with Gasteiger partial charge in [-0.1, -0.05) is 79.0 Å². The zero-order valence-electron chi connectivity index (χ0n) is 57.3. The smallest absolute Gasteiger partial charge is 0.410 e. The highest BCUT2D eigenvalue weighted by Crippen LogP contribution is 2.38. The summed E-state index contributed by atoms with van der Waals surface area (Å²) in [6.07, 6.45) is 11.2. The number of likely N-dealkylation sites (tertiary alicyclic amines) is 1. The van der Waals surface area contributed by atoms with Crippen molar-refractivity contribution in [2.45, 2.75) is 110 Å². The van der Waals surface area contributed by atoms with Gasteiger partial charge in [0.2, 0.25) is 5.91 Å². The molecule has 6 aromatic rings. The van der Waals surface area contributed by atoms with Gasteiger partial charge in [0.15, 0.2) is 17.5 Å². The van der Waals surface area contributed by atoms with Gasteiger partial charge in [-0.15, -0.1) is 0 Å². The Bertz CT molecular complexity index is 4120. The Morgan fingerprint density at radius 1 is 0.608 bits per heavy atom. The lowest BCUT2D eigenvalue weighted by molar-refractivity contribution is -0.193. The highest BCUT2D eigenvalue weighted by Gasteiger charge is 2.34. The molecule has 3 aromatic carbocycles. The van der Waals surface area contributed by atoms with E-state index in [0.717, 1.165) is 97.2 Å². The minimum atomic E-state index is -0.514. The average molecular weight is 1460 g/mol. The number of aliphatic imine (C=N–C) groups is 3. The van der Waals surface area contributed by atoms with Crippen LogP contribution in [0.3, 0.4) is 0 Å². The summed E-state index contributed by atoms with van der Waals surface area (Å²) in [5, 5.41) is 18.1. The highest BCUT2D eigenvalue weighted by molar-refractivity contribution is 6.32. The maximum Gasteiger partial charge on any atom is 0.410 e. The molecular formula is C73H78Cl3F3N14O9. The zero-order chi connectivity index (χ0) is 74.0. The molecule has 6 aliphatic rings. The number of carbonyl (C=O) groups excluding carboxylic acids is 8. The number of nitrogens with one attached hydrogen (secondary N) is 3. The number of benzene rings is 3. The number of hydrogen-bond acceptors (Lipinski definition) is 21. The molecule has 4 unspecified atom stereocenters. The molecule has 0 aliphatic carbocycles. The third kappa shape index (κ3) is 22.8. The number of halogens is 6.